The molecule has 1 aromatic rings. The number of hydrogen-bond acceptors (Lipinski definition) is 1. The van der Waals surface area contributed by atoms with E-state index in [1.54, 1.807) is 0 Å². The van der Waals surface area contributed by atoms with E-state index < -0.39 is 0 Å². The van der Waals surface area contributed by atoms with Crippen LogP contribution in [0.15, 0.2) is 24.4 Å². The summed E-state index contributed by atoms with van der Waals surface area (Å²) in [6, 6.07) is 5.96. The topological polar surface area (TPSA) is 12.9 Å². The highest BCUT2D eigenvalue weighted by molar-refractivity contribution is 6.08. The maximum atomic E-state index is 4.10. The van der Waals surface area contributed by atoms with Gasteiger partial charge in [-0.2, -0.15) is 0 Å². The molecule has 0 atom stereocenters. The van der Waals surface area contributed by atoms with Crippen molar-refractivity contribution >= 4 is 7.85 Å². The van der Waals surface area contributed by atoms with Gasteiger partial charge in [-0.3, -0.25) is 4.98 Å². The Morgan fingerprint density at radius 1 is 1.50 bits per heavy atom. The van der Waals surface area contributed by atoms with Crippen LogP contribution in [0.25, 0.3) is 0 Å². The molecule has 1 aromatic heterocycles. The van der Waals surface area contributed by atoms with Crippen molar-refractivity contribution in [2.75, 3.05) is 0 Å². The van der Waals surface area contributed by atoms with E-state index in [0.717, 1.165) is 12.0 Å². The van der Waals surface area contributed by atoms with E-state index >= 15 is 0 Å². The third-order valence-corrected chi connectivity index (χ3v) is 1.09. The SMILES string of the molecule is BCc1ccccn1. The molecule has 0 radical (unpaired) electrons. The lowest BCUT2D eigenvalue weighted by Crippen LogP contribution is -1.85. The molecule has 1 nitrogen and oxygen atoms in total. The van der Waals surface area contributed by atoms with Gasteiger partial charge in [0.2, 0.25) is 0 Å². The summed E-state index contributed by atoms with van der Waals surface area (Å²) in [7, 11) is 2.10. The van der Waals surface area contributed by atoms with Crippen molar-refractivity contribution in [2.24, 2.45) is 0 Å². The summed E-state index contributed by atoms with van der Waals surface area (Å²) in [5.41, 5.74) is 1.16. The van der Waals surface area contributed by atoms with E-state index in [-0.39, 0.29) is 0 Å². The lowest BCUT2D eigenvalue weighted by atomic mass is 10.0. The Bertz CT molecular complexity index is 150. The first-order valence-electron chi connectivity index (χ1n) is 2.83. The van der Waals surface area contributed by atoms with Crippen LogP contribution in [0.5, 0.6) is 0 Å². The van der Waals surface area contributed by atoms with Crippen molar-refractivity contribution in [3.63, 3.8) is 0 Å². The smallest absolute Gasteiger partial charge is 0.109 e. The summed E-state index contributed by atoms with van der Waals surface area (Å²) in [5, 5.41) is 0. The van der Waals surface area contributed by atoms with Crippen LogP contribution < -0.4 is 0 Å². The predicted molar refractivity (Wildman–Crippen MR) is 36.5 cm³/mol. The van der Waals surface area contributed by atoms with Crippen LogP contribution in [0.4, 0.5) is 0 Å². The second-order valence-electron chi connectivity index (χ2n) is 1.67. The molecule has 0 aromatic carbocycles. The van der Waals surface area contributed by atoms with Gasteiger partial charge in [0.1, 0.15) is 7.85 Å². The van der Waals surface area contributed by atoms with E-state index in [1.165, 1.54) is 0 Å². The zero-order chi connectivity index (χ0) is 5.82. The monoisotopic (exact) mass is 105 g/mol. The number of rotatable bonds is 1. The first-order chi connectivity index (χ1) is 3.93. The standard InChI is InChI=1S/C6H8BN/c7-5-6-3-1-2-4-8-6/h1-4H,5,7H2. The molecule has 1 heterocycles. The van der Waals surface area contributed by atoms with E-state index in [1.807, 2.05) is 24.4 Å². The summed E-state index contributed by atoms with van der Waals surface area (Å²) in [6.45, 7) is 0. The Kier molecular flexibility index (Phi) is 1.68. The van der Waals surface area contributed by atoms with Gasteiger partial charge >= 0.3 is 0 Å². The molecule has 0 saturated heterocycles. The summed E-state index contributed by atoms with van der Waals surface area (Å²) < 4.78 is 0. The van der Waals surface area contributed by atoms with E-state index in [9.17, 15) is 0 Å². The quantitative estimate of drug-likeness (QED) is 0.465. The minimum atomic E-state index is 1.03. The molecule has 0 N–H and O–H groups in total. The summed E-state index contributed by atoms with van der Waals surface area (Å²) in [4.78, 5) is 4.10. The highest BCUT2D eigenvalue weighted by atomic mass is 14.6. The van der Waals surface area contributed by atoms with Crippen molar-refractivity contribution in [1.29, 1.82) is 0 Å². The molecular formula is C6H8BN. The Labute approximate surface area is 50.2 Å². The maximum Gasteiger partial charge on any atom is 0.109 e. The highest BCUT2D eigenvalue weighted by Gasteiger charge is 1.81. The molecule has 0 fully saturated rings. The van der Waals surface area contributed by atoms with Gasteiger partial charge in [-0.1, -0.05) is 6.07 Å². The molecular weight excluding hydrogens is 96.9 g/mol. The van der Waals surface area contributed by atoms with E-state index in [4.69, 9.17) is 0 Å². The molecule has 1 rings (SSSR count). The van der Waals surface area contributed by atoms with Crippen LogP contribution in [-0.4, -0.2) is 12.8 Å². The van der Waals surface area contributed by atoms with Gasteiger partial charge in [-0.25, -0.2) is 0 Å². The summed E-state index contributed by atoms with van der Waals surface area (Å²) >= 11 is 0. The fourth-order valence-electron chi connectivity index (χ4n) is 0.607. The lowest BCUT2D eigenvalue weighted by Gasteiger charge is -1.88. The first-order valence-corrected chi connectivity index (χ1v) is 2.83. The molecule has 0 aliphatic carbocycles. The summed E-state index contributed by atoms with van der Waals surface area (Å²) in [5.74, 6) is 0. The third kappa shape index (κ3) is 1.09. The van der Waals surface area contributed by atoms with E-state index in [0.29, 0.717) is 0 Å². The number of nitrogens with zero attached hydrogens (tertiary/aromatic N) is 1. The van der Waals surface area contributed by atoms with Crippen LogP contribution >= 0.6 is 0 Å². The van der Waals surface area contributed by atoms with Crippen molar-refractivity contribution in [3.05, 3.63) is 30.1 Å². The highest BCUT2D eigenvalue weighted by Crippen LogP contribution is 1.89. The fraction of sp³-hybridized carbons (Fsp3) is 0.167. The molecule has 0 aliphatic rings. The van der Waals surface area contributed by atoms with Gasteiger partial charge in [0.05, 0.1) is 0 Å². The number of pyridine rings is 1. The van der Waals surface area contributed by atoms with Crippen LogP contribution in [0, 0.1) is 0 Å². The van der Waals surface area contributed by atoms with Gasteiger partial charge in [0, 0.05) is 11.9 Å². The van der Waals surface area contributed by atoms with Gasteiger partial charge < -0.3 is 0 Å². The molecule has 0 spiro atoms. The van der Waals surface area contributed by atoms with Crippen molar-refractivity contribution < 1.29 is 0 Å². The predicted octanol–water partition coefficient (Wildman–Crippen LogP) is 0.215. The second-order valence-corrected chi connectivity index (χ2v) is 1.67. The molecule has 40 valence electrons. The fourth-order valence-corrected chi connectivity index (χ4v) is 0.607. The number of hydrogen-bond donors (Lipinski definition) is 0. The maximum absolute atomic E-state index is 4.10. The minimum absolute atomic E-state index is 1.03. The first kappa shape index (κ1) is 5.35. The molecule has 0 saturated carbocycles. The van der Waals surface area contributed by atoms with Gasteiger partial charge in [-0.05, 0) is 18.5 Å². The van der Waals surface area contributed by atoms with E-state index in [2.05, 4.69) is 12.8 Å². The van der Waals surface area contributed by atoms with Crippen molar-refractivity contribution in [2.45, 2.75) is 6.32 Å². The zero-order valence-corrected chi connectivity index (χ0v) is 4.96. The largest absolute Gasteiger partial charge is 0.262 e. The Morgan fingerprint density at radius 2 is 2.38 bits per heavy atom. The van der Waals surface area contributed by atoms with Crippen LogP contribution in [0.1, 0.15) is 5.69 Å². The van der Waals surface area contributed by atoms with Crippen LogP contribution in [0.3, 0.4) is 0 Å². The van der Waals surface area contributed by atoms with Gasteiger partial charge in [0.25, 0.3) is 0 Å². The molecule has 2 heteroatoms. The number of aromatic nitrogens is 1. The Morgan fingerprint density at radius 3 is 2.75 bits per heavy atom. The third-order valence-electron chi connectivity index (χ3n) is 1.09. The Hall–Kier alpha value is -0.785. The normalized spacial score (nSPS) is 9.00. The molecule has 0 amide bonds. The van der Waals surface area contributed by atoms with Crippen LogP contribution in [0.2, 0.25) is 0 Å². The average Bonchev–Trinajstić information content (AvgIpc) is 1.90. The van der Waals surface area contributed by atoms with Gasteiger partial charge in [0.15, 0.2) is 0 Å². The Balaban J connectivity index is 2.83. The molecule has 0 unspecified atom stereocenters. The lowest BCUT2D eigenvalue weighted by molar-refractivity contribution is 1.17. The van der Waals surface area contributed by atoms with Crippen molar-refractivity contribution in [3.8, 4) is 0 Å². The van der Waals surface area contributed by atoms with Gasteiger partial charge in [-0.15, -0.1) is 0 Å². The zero-order valence-electron chi connectivity index (χ0n) is 4.96. The minimum Gasteiger partial charge on any atom is -0.262 e. The molecule has 0 bridgehead atoms. The molecule has 8 heavy (non-hydrogen) atoms. The molecule has 0 aliphatic heterocycles. The second kappa shape index (κ2) is 2.50. The summed E-state index contributed by atoms with van der Waals surface area (Å²) in [6.07, 6.45) is 2.85. The van der Waals surface area contributed by atoms with Crippen molar-refractivity contribution in [1.82, 2.24) is 4.98 Å². The van der Waals surface area contributed by atoms with Crippen LogP contribution in [-0.2, 0) is 6.32 Å². The average molecular weight is 105 g/mol.